The molecule has 0 bridgehead atoms. The maximum absolute atomic E-state index is 12.7. The molecule has 10 heteroatoms. The van der Waals surface area contributed by atoms with Crippen LogP contribution in [0.15, 0.2) is 42.6 Å². The fraction of sp³-hybridized carbons (Fsp3) is 0.188. The molecule has 0 saturated heterocycles. The number of hydrogen-bond acceptors (Lipinski definition) is 3. The first-order valence-electron chi connectivity index (χ1n) is 7.43. The average molecular weight is 384 g/mol. The molecule has 0 unspecified atom stereocenters. The smallest absolute Gasteiger partial charge is 0.304 e. The lowest BCUT2D eigenvalue weighted by molar-refractivity contribution is -0.141. The summed E-state index contributed by atoms with van der Waals surface area (Å²) < 4.78 is 40.5. The van der Waals surface area contributed by atoms with Crippen molar-refractivity contribution in [3.05, 3.63) is 64.6 Å². The van der Waals surface area contributed by atoms with Crippen LogP contribution in [0.5, 0.6) is 0 Å². The Hall–Kier alpha value is -2.81. The summed E-state index contributed by atoms with van der Waals surface area (Å²) >= 11 is 6.09. The van der Waals surface area contributed by atoms with Gasteiger partial charge in [-0.3, -0.25) is 14.2 Å². The molecule has 3 rings (SSSR count). The summed E-state index contributed by atoms with van der Waals surface area (Å²) in [6.07, 6.45) is -2.99. The number of rotatable bonds is 4. The fourth-order valence-electron chi connectivity index (χ4n) is 2.32. The minimum atomic E-state index is -4.62. The summed E-state index contributed by atoms with van der Waals surface area (Å²) in [6.45, 7) is 0.388. The largest absolute Gasteiger partial charge is 0.435 e. The third-order valence-corrected chi connectivity index (χ3v) is 3.94. The van der Waals surface area contributed by atoms with Crippen molar-refractivity contribution in [2.75, 3.05) is 5.32 Å². The fourth-order valence-corrected chi connectivity index (χ4v) is 2.51. The highest BCUT2D eigenvalue weighted by Gasteiger charge is 2.35. The Kier molecular flexibility index (Phi) is 4.73. The van der Waals surface area contributed by atoms with Gasteiger partial charge in [-0.1, -0.05) is 29.8 Å². The van der Waals surface area contributed by atoms with Crippen molar-refractivity contribution in [2.45, 2.75) is 12.7 Å². The van der Waals surface area contributed by atoms with E-state index >= 15 is 0 Å². The second kappa shape index (κ2) is 6.83. The van der Waals surface area contributed by atoms with Gasteiger partial charge >= 0.3 is 6.18 Å². The normalized spacial score (nSPS) is 11.6. The van der Waals surface area contributed by atoms with Gasteiger partial charge in [0.1, 0.15) is 5.69 Å². The number of nitrogens with zero attached hydrogens (tertiary/aromatic N) is 4. The zero-order chi connectivity index (χ0) is 18.9. The van der Waals surface area contributed by atoms with Crippen LogP contribution in [0.1, 0.15) is 21.7 Å². The summed E-state index contributed by atoms with van der Waals surface area (Å²) in [5.74, 6) is -0.532. The molecule has 26 heavy (non-hydrogen) atoms. The molecule has 0 aliphatic heterocycles. The van der Waals surface area contributed by atoms with Crippen molar-refractivity contribution < 1.29 is 18.0 Å². The predicted molar refractivity (Wildman–Crippen MR) is 88.9 cm³/mol. The Labute approximate surface area is 151 Å². The molecular formula is C16H13ClF3N5O. The van der Waals surface area contributed by atoms with Gasteiger partial charge in [-0.15, -0.1) is 0 Å². The first kappa shape index (κ1) is 18.0. The molecule has 136 valence electrons. The highest BCUT2D eigenvalue weighted by atomic mass is 35.5. The van der Waals surface area contributed by atoms with Crippen LogP contribution in [0.25, 0.3) is 0 Å². The van der Waals surface area contributed by atoms with E-state index in [2.05, 4.69) is 15.5 Å². The maximum Gasteiger partial charge on any atom is 0.435 e. The number of halogens is 4. The number of anilines is 1. The molecule has 0 fully saturated rings. The van der Waals surface area contributed by atoms with Crippen molar-refractivity contribution in [3.8, 4) is 0 Å². The van der Waals surface area contributed by atoms with Gasteiger partial charge in [-0.2, -0.15) is 23.4 Å². The molecule has 2 heterocycles. The van der Waals surface area contributed by atoms with E-state index in [0.29, 0.717) is 17.6 Å². The first-order valence-corrected chi connectivity index (χ1v) is 7.81. The molecule has 0 saturated carbocycles. The zero-order valence-electron chi connectivity index (χ0n) is 13.5. The monoisotopic (exact) mass is 383 g/mol. The lowest BCUT2D eigenvalue weighted by Crippen LogP contribution is -2.16. The number of benzene rings is 1. The minimum Gasteiger partial charge on any atom is -0.304 e. The second-order valence-corrected chi connectivity index (χ2v) is 5.89. The van der Waals surface area contributed by atoms with Crippen molar-refractivity contribution in [1.82, 2.24) is 19.6 Å². The van der Waals surface area contributed by atoms with Crippen LogP contribution in [0, 0.1) is 0 Å². The van der Waals surface area contributed by atoms with E-state index in [0.717, 1.165) is 10.2 Å². The summed E-state index contributed by atoms with van der Waals surface area (Å²) in [6, 6.07) is 9.48. The highest BCUT2D eigenvalue weighted by molar-refractivity contribution is 6.31. The van der Waals surface area contributed by atoms with Crippen LogP contribution in [-0.4, -0.2) is 25.5 Å². The Balaban J connectivity index is 1.72. The minimum absolute atomic E-state index is 0.205. The van der Waals surface area contributed by atoms with Crippen molar-refractivity contribution in [1.29, 1.82) is 0 Å². The zero-order valence-corrected chi connectivity index (χ0v) is 14.2. The van der Waals surface area contributed by atoms with Crippen LogP contribution in [-0.2, 0) is 19.8 Å². The third-order valence-electron chi connectivity index (χ3n) is 3.58. The average Bonchev–Trinajstić information content (AvgIpc) is 3.16. The van der Waals surface area contributed by atoms with Crippen molar-refractivity contribution >= 4 is 23.3 Å². The third kappa shape index (κ3) is 3.88. The molecule has 6 nitrogen and oxygen atoms in total. The van der Waals surface area contributed by atoms with Crippen molar-refractivity contribution in [2.24, 2.45) is 7.05 Å². The van der Waals surface area contributed by atoms with E-state index in [1.165, 1.54) is 13.1 Å². The standard InChI is InChI=1S/C16H13ClF3N5O/c1-24-12(8-13(22-24)16(18,19)20)15(26)21-14-6-7-25(23-14)9-10-4-2-3-5-11(10)17/h2-8H,9H2,1H3,(H,21,23,26). The van der Waals surface area contributed by atoms with Gasteiger partial charge in [0, 0.05) is 30.4 Å². The SMILES string of the molecule is Cn1nc(C(F)(F)F)cc1C(=O)Nc1ccn(Cc2ccccc2Cl)n1. The Morgan fingerprint density at radius 2 is 1.96 bits per heavy atom. The van der Waals surface area contributed by atoms with Gasteiger partial charge in [0.25, 0.3) is 5.91 Å². The molecule has 1 aromatic carbocycles. The maximum atomic E-state index is 12.7. The van der Waals surface area contributed by atoms with Crippen LogP contribution in [0.4, 0.5) is 19.0 Å². The topological polar surface area (TPSA) is 64.7 Å². The lowest BCUT2D eigenvalue weighted by atomic mass is 10.2. The molecule has 1 N–H and O–H groups in total. The molecule has 0 spiro atoms. The second-order valence-electron chi connectivity index (χ2n) is 5.48. The van der Waals surface area contributed by atoms with Gasteiger partial charge in [0.2, 0.25) is 0 Å². The number of carbonyl (C=O) groups is 1. The molecule has 0 aliphatic carbocycles. The summed E-state index contributed by atoms with van der Waals surface area (Å²) in [5, 5.41) is 10.5. The number of carbonyl (C=O) groups excluding carboxylic acids is 1. The Morgan fingerprint density at radius 3 is 2.62 bits per heavy atom. The van der Waals surface area contributed by atoms with Crippen LogP contribution in [0.2, 0.25) is 5.02 Å². The van der Waals surface area contributed by atoms with Crippen LogP contribution in [0.3, 0.4) is 0 Å². The number of amides is 1. The van der Waals surface area contributed by atoms with E-state index in [1.807, 2.05) is 18.2 Å². The number of hydrogen-bond donors (Lipinski definition) is 1. The number of aromatic nitrogens is 4. The van der Waals surface area contributed by atoms with Crippen LogP contribution < -0.4 is 5.32 Å². The van der Waals surface area contributed by atoms with E-state index < -0.39 is 17.8 Å². The number of nitrogens with one attached hydrogen (secondary N) is 1. The predicted octanol–water partition coefficient (Wildman–Crippen LogP) is 3.59. The van der Waals surface area contributed by atoms with Crippen molar-refractivity contribution in [3.63, 3.8) is 0 Å². The van der Waals surface area contributed by atoms with E-state index in [9.17, 15) is 18.0 Å². The molecule has 0 atom stereocenters. The molecule has 2 aromatic heterocycles. The quantitative estimate of drug-likeness (QED) is 0.748. The highest BCUT2D eigenvalue weighted by Crippen LogP contribution is 2.28. The summed E-state index contributed by atoms with van der Waals surface area (Å²) in [7, 11) is 1.26. The van der Waals surface area contributed by atoms with Gasteiger partial charge in [0.15, 0.2) is 11.5 Å². The Bertz CT molecular complexity index is 948. The number of alkyl halides is 3. The molecule has 0 aliphatic rings. The molecule has 3 aromatic rings. The van der Waals surface area contributed by atoms with Gasteiger partial charge < -0.3 is 5.32 Å². The Morgan fingerprint density at radius 1 is 1.23 bits per heavy atom. The summed E-state index contributed by atoms with van der Waals surface area (Å²) in [4.78, 5) is 12.2. The molecule has 1 amide bonds. The first-order chi connectivity index (χ1) is 12.2. The van der Waals surface area contributed by atoms with Crippen LogP contribution >= 0.6 is 11.6 Å². The van der Waals surface area contributed by atoms with E-state index in [4.69, 9.17) is 11.6 Å². The summed E-state index contributed by atoms with van der Waals surface area (Å²) in [5.41, 5.74) is -0.510. The lowest BCUT2D eigenvalue weighted by Gasteiger charge is -2.04. The van der Waals surface area contributed by atoms with Gasteiger partial charge in [-0.25, -0.2) is 0 Å². The number of aryl methyl sites for hydroxylation is 1. The molecular weight excluding hydrogens is 371 g/mol. The van der Waals surface area contributed by atoms with Gasteiger partial charge in [-0.05, 0) is 11.6 Å². The molecule has 0 radical (unpaired) electrons. The van der Waals surface area contributed by atoms with Gasteiger partial charge in [0.05, 0.1) is 6.54 Å². The van der Waals surface area contributed by atoms with E-state index in [-0.39, 0.29) is 11.5 Å². The van der Waals surface area contributed by atoms with E-state index in [1.54, 1.807) is 16.9 Å².